The lowest BCUT2D eigenvalue weighted by atomic mass is 9.84. The third-order valence-corrected chi connectivity index (χ3v) is 5.28. The fourth-order valence-electron chi connectivity index (χ4n) is 3.63. The molecule has 0 aliphatic heterocycles. The van der Waals surface area contributed by atoms with Gasteiger partial charge in [-0.1, -0.05) is 18.2 Å². The van der Waals surface area contributed by atoms with Crippen molar-refractivity contribution in [1.29, 1.82) is 5.26 Å². The van der Waals surface area contributed by atoms with Crippen molar-refractivity contribution >= 4 is 22.6 Å². The predicted molar refractivity (Wildman–Crippen MR) is 96.6 cm³/mol. The number of benzene rings is 1. The summed E-state index contributed by atoms with van der Waals surface area (Å²) in [4.78, 5) is 13.3. The standard InChI is InChI=1S/C19H21N5O2/c20-9-17-19(15-3-1-2-4-16(15)22-23-17)21-13-7-14(8-13)24(11-18(25)26)10-12-5-6-12/h1-4,12-14H,5-8,10-11H2,(H,21,22)(H,25,26). The van der Waals surface area contributed by atoms with Gasteiger partial charge in [0.15, 0.2) is 5.69 Å². The monoisotopic (exact) mass is 351 g/mol. The van der Waals surface area contributed by atoms with E-state index in [1.54, 1.807) is 0 Å². The van der Waals surface area contributed by atoms with Crippen LogP contribution in [-0.4, -0.2) is 51.3 Å². The Morgan fingerprint density at radius 1 is 1.31 bits per heavy atom. The lowest BCUT2D eigenvalue weighted by Crippen LogP contribution is -2.52. The van der Waals surface area contributed by atoms with Crippen molar-refractivity contribution in [2.75, 3.05) is 18.4 Å². The Labute approximate surface area is 151 Å². The second-order valence-electron chi connectivity index (χ2n) is 7.29. The van der Waals surface area contributed by atoms with E-state index in [9.17, 15) is 10.1 Å². The molecule has 0 spiro atoms. The Morgan fingerprint density at radius 3 is 2.77 bits per heavy atom. The second kappa shape index (κ2) is 6.89. The molecular weight excluding hydrogens is 330 g/mol. The van der Waals surface area contributed by atoms with Gasteiger partial charge in [-0.3, -0.25) is 9.69 Å². The third-order valence-electron chi connectivity index (χ3n) is 5.28. The summed E-state index contributed by atoms with van der Waals surface area (Å²) in [6.45, 7) is 0.990. The van der Waals surface area contributed by atoms with Gasteiger partial charge in [0.1, 0.15) is 6.07 Å². The minimum absolute atomic E-state index is 0.108. The van der Waals surface area contributed by atoms with Crippen molar-refractivity contribution in [3.8, 4) is 6.07 Å². The molecule has 2 fully saturated rings. The van der Waals surface area contributed by atoms with Crippen molar-refractivity contribution in [3.05, 3.63) is 30.0 Å². The fourth-order valence-corrected chi connectivity index (χ4v) is 3.63. The molecule has 2 aliphatic rings. The van der Waals surface area contributed by atoms with E-state index < -0.39 is 5.97 Å². The molecule has 4 rings (SSSR count). The smallest absolute Gasteiger partial charge is 0.317 e. The molecule has 2 aromatic rings. The number of anilines is 1. The van der Waals surface area contributed by atoms with Gasteiger partial charge in [-0.2, -0.15) is 5.26 Å². The normalized spacial score (nSPS) is 22.0. The fraction of sp³-hybridized carbons (Fsp3) is 0.474. The molecule has 0 radical (unpaired) electrons. The van der Waals surface area contributed by atoms with Crippen molar-refractivity contribution < 1.29 is 9.90 Å². The Hall–Kier alpha value is -2.72. The van der Waals surface area contributed by atoms with Gasteiger partial charge in [-0.25, -0.2) is 0 Å². The maximum atomic E-state index is 11.2. The summed E-state index contributed by atoms with van der Waals surface area (Å²) in [5.41, 5.74) is 1.78. The first-order valence-corrected chi connectivity index (χ1v) is 9.02. The number of nitrogens with one attached hydrogen (secondary N) is 1. The van der Waals surface area contributed by atoms with Crippen molar-refractivity contribution in [3.63, 3.8) is 0 Å². The molecular formula is C19H21N5O2. The van der Waals surface area contributed by atoms with Gasteiger partial charge < -0.3 is 10.4 Å². The molecule has 7 heteroatoms. The number of carboxylic acids is 1. The first-order chi connectivity index (χ1) is 12.6. The van der Waals surface area contributed by atoms with E-state index in [-0.39, 0.29) is 18.6 Å². The summed E-state index contributed by atoms with van der Waals surface area (Å²) >= 11 is 0. The Kier molecular flexibility index (Phi) is 4.43. The van der Waals surface area contributed by atoms with E-state index in [0.29, 0.717) is 11.6 Å². The van der Waals surface area contributed by atoms with Crippen LogP contribution in [-0.2, 0) is 4.79 Å². The first-order valence-electron chi connectivity index (χ1n) is 9.02. The number of nitrogens with zero attached hydrogens (tertiary/aromatic N) is 4. The Bertz CT molecular complexity index is 868. The van der Waals surface area contributed by atoms with Gasteiger partial charge in [0.2, 0.25) is 0 Å². The highest BCUT2D eigenvalue weighted by molar-refractivity contribution is 5.92. The van der Waals surface area contributed by atoms with Gasteiger partial charge in [-0.05, 0) is 37.7 Å². The number of nitriles is 1. The molecule has 1 aromatic carbocycles. The highest BCUT2D eigenvalue weighted by Gasteiger charge is 2.37. The molecule has 0 bridgehead atoms. The van der Waals surface area contributed by atoms with Crippen LogP contribution in [0.5, 0.6) is 0 Å². The summed E-state index contributed by atoms with van der Waals surface area (Å²) in [6.07, 6.45) is 4.18. The van der Waals surface area contributed by atoms with E-state index in [2.05, 4.69) is 26.5 Å². The van der Waals surface area contributed by atoms with Crippen LogP contribution in [0.15, 0.2) is 24.3 Å². The quantitative estimate of drug-likeness (QED) is 0.788. The van der Waals surface area contributed by atoms with Crippen molar-refractivity contribution in [2.24, 2.45) is 5.92 Å². The van der Waals surface area contributed by atoms with Crippen LogP contribution in [0, 0.1) is 17.2 Å². The third kappa shape index (κ3) is 3.46. The van der Waals surface area contributed by atoms with E-state index in [0.717, 1.165) is 36.0 Å². The predicted octanol–water partition coefficient (Wildman–Crippen LogP) is 2.24. The van der Waals surface area contributed by atoms with Crippen LogP contribution >= 0.6 is 0 Å². The number of aliphatic carboxylic acids is 1. The summed E-state index contributed by atoms with van der Waals surface area (Å²) in [7, 11) is 0. The van der Waals surface area contributed by atoms with Crippen LogP contribution in [0.3, 0.4) is 0 Å². The molecule has 2 saturated carbocycles. The number of hydrogen-bond donors (Lipinski definition) is 2. The number of carboxylic acid groups (broad SMARTS) is 1. The van der Waals surface area contributed by atoms with Crippen molar-refractivity contribution in [2.45, 2.75) is 37.8 Å². The second-order valence-corrected chi connectivity index (χ2v) is 7.29. The van der Waals surface area contributed by atoms with E-state index in [1.807, 2.05) is 24.3 Å². The average Bonchev–Trinajstić information content (AvgIpc) is 3.40. The molecule has 7 nitrogen and oxygen atoms in total. The lowest BCUT2D eigenvalue weighted by molar-refractivity contribution is -0.139. The largest absolute Gasteiger partial charge is 0.480 e. The summed E-state index contributed by atoms with van der Waals surface area (Å²) in [6, 6.07) is 10.2. The molecule has 0 amide bonds. The number of rotatable bonds is 7. The molecule has 134 valence electrons. The summed E-state index contributed by atoms with van der Waals surface area (Å²) < 4.78 is 0. The maximum Gasteiger partial charge on any atom is 0.317 e. The minimum atomic E-state index is -0.766. The Morgan fingerprint density at radius 2 is 2.08 bits per heavy atom. The first kappa shape index (κ1) is 16.7. The van der Waals surface area contributed by atoms with Crippen molar-refractivity contribution in [1.82, 2.24) is 15.1 Å². The molecule has 0 atom stereocenters. The van der Waals surface area contributed by atoms with Gasteiger partial charge in [0, 0.05) is 24.0 Å². The average molecular weight is 351 g/mol. The van der Waals surface area contributed by atoms with E-state index >= 15 is 0 Å². The van der Waals surface area contributed by atoms with E-state index in [1.165, 1.54) is 12.8 Å². The minimum Gasteiger partial charge on any atom is -0.480 e. The topological polar surface area (TPSA) is 102 Å². The van der Waals surface area contributed by atoms with Gasteiger partial charge in [0.05, 0.1) is 17.7 Å². The molecule has 1 aromatic heterocycles. The molecule has 0 unspecified atom stereocenters. The summed E-state index contributed by atoms with van der Waals surface area (Å²) in [5, 5.41) is 31.0. The Balaban J connectivity index is 1.46. The van der Waals surface area contributed by atoms with Gasteiger partial charge in [0.25, 0.3) is 0 Å². The zero-order chi connectivity index (χ0) is 18.1. The molecule has 2 aliphatic carbocycles. The molecule has 2 N–H and O–H groups in total. The van der Waals surface area contributed by atoms with Crippen LogP contribution in [0.1, 0.15) is 31.4 Å². The van der Waals surface area contributed by atoms with Gasteiger partial charge >= 0.3 is 5.97 Å². The SMILES string of the molecule is N#Cc1nnc2ccccc2c1NC1CC(N(CC(=O)O)CC2CC2)C1. The van der Waals surface area contributed by atoms with Crippen LogP contribution in [0.4, 0.5) is 5.69 Å². The molecule has 26 heavy (non-hydrogen) atoms. The van der Waals surface area contributed by atoms with Crippen LogP contribution in [0.2, 0.25) is 0 Å². The molecule has 0 saturated heterocycles. The zero-order valence-corrected chi connectivity index (χ0v) is 14.4. The molecule has 1 heterocycles. The van der Waals surface area contributed by atoms with Gasteiger partial charge in [-0.15, -0.1) is 10.2 Å². The van der Waals surface area contributed by atoms with Crippen LogP contribution in [0.25, 0.3) is 10.9 Å². The van der Waals surface area contributed by atoms with Crippen LogP contribution < -0.4 is 5.32 Å². The zero-order valence-electron chi connectivity index (χ0n) is 14.4. The highest BCUT2D eigenvalue weighted by atomic mass is 16.4. The number of aromatic nitrogens is 2. The number of fused-ring (bicyclic) bond motifs is 1. The number of hydrogen-bond acceptors (Lipinski definition) is 6. The summed E-state index contributed by atoms with van der Waals surface area (Å²) in [5.74, 6) is -0.0990. The number of carbonyl (C=O) groups is 1. The highest BCUT2D eigenvalue weighted by Crippen LogP contribution is 2.35. The lowest BCUT2D eigenvalue weighted by Gasteiger charge is -2.43. The maximum absolute atomic E-state index is 11.2. The van der Waals surface area contributed by atoms with E-state index in [4.69, 9.17) is 5.11 Å².